The van der Waals surface area contributed by atoms with Gasteiger partial charge in [0, 0.05) is 11.6 Å². The second-order valence-corrected chi connectivity index (χ2v) is 14.1. The van der Waals surface area contributed by atoms with Crippen LogP contribution >= 0.6 is 0 Å². The molecule has 0 unspecified atom stereocenters. The van der Waals surface area contributed by atoms with Crippen molar-refractivity contribution in [3.05, 3.63) is 58.9 Å². The van der Waals surface area contributed by atoms with E-state index in [4.69, 9.17) is 4.74 Å². The second-order valence-electron chi connectivity index (χ2n) is 12.4. The quantitative estimate of drug-likeness (QED) is 0.302. The molecule has 2 amide bonds. The minimum atomic E-state index is -3.61. The Balaban J connectivity index is 1.59. The summed E-state index contributed by atoms with van der Waals surface area (Å²) in [6.45, 7) is 9.88. The fourth-order valence-electron chi connectivity index (χ4n) is 5.36. The Bertz CT molecular complexity index is 1600. The molecule has 0 aliphatic heterocycles. The fraction of sp³-hybridized carbons (Fsp3) is 0.484. The molecule has 3 N–H and O–H groups in total. The minimum absolute atomic E-state index is 0.0497. The van der Waals surface area contributed by atoms with E-state index in [0.29, 0.717) is 22.9 Å². The van der Waals surface area contributed by atoms with Crippen LogP contribution in [0.3, 0.4) is 0 Å². The maximum Gasteiger partial charge on any atom is 0.273 e. The van der Waals surface area contributed by atoms with Crippen molar-refractivity contribution in [2.45, 2.75) is 78.2 Å². The number of amides is 2. The lowest BCUT2D eigenvalue weighted by Gasteiger charge is -2.27. The highest BCUT2D eigenvalue weighted by Gasteiger charge is 2.25. The number of aromatic nitrogens is 3. The van der Waals surface area contributed by atoms with Crippen LogP contribution in [0, 0.1) is 12.8 Å². The van der Waals surface area contributed by atoms with Gasteiger partial charge < -0.3 is 15.4 Å². The molecule has 2 aromatic carbocycles. The van der Waals surface area contributed by atoms with Crippen molar-refractivity contribution in [3.8, 4) is 11.4 Å². The van der Waals surface area contributed by atoms with Gasteiger partial charge >= 0.3 is 0 Å². The van der Waals surface area contributed by atoms with Gasteiger partial charge in [-0.1, -0.05) is 51.3 Å². The standard InChI is InChI=1S/C31H42N6O5S/c1-19-13-14-22(15-27(19)37-18-26(34-36-37)30(39)32-20(2)21-11-9-8-10-12-21)29(38)33-24-16-23(31(3,4)5)17-25(28(24)42-6)35-43(7,40)41/h13-18,20-21,35H,8-12H2,1-7H3,(H,32,39)(H,33,38)/t20-/m0/s1. The van der Waals surface area contributed by atoms with E-state index in [0.717, 1.165) is 30.2 Å². The number of aryl methyl sites for hydroxylation is 1. The Morgan fingerprint density at radius 1 is 1.05 bits per heavy atom. The average molecular weight is 611 g/mol. The van der Waals surface area contributed by atoms with Gasteiger partial charge in [0.25, 0.3) is 11.8 Å². The average Bonchev–Trinajstić information content (AvgIpc) is 3.42. The number of nitrogens with zero attached hydrogens (tertiary/aromatic N) is 3. The molecule has 12 heteroatoms. The normalized spacial score (nSPS) is 15.0. The van der Waals surface area contributed by atoms with Crippen molar-refractivity contribution < 1.29 is 22.7 Å². The third kappa shape index (κ3) is 7.92. The number of hydrogen-bond acceptors (Lipinski definition) is 7. The van der Waals surface area contributed by atoms with Gasteiger partial charge in [-0.15, -0.1) is 5.10 Å². The van der Waals surface area contributed by atoms with Crippen LogP contribution in [0.4, 0.5) is 11.4 Å². The number of hydrogen-bond donors (Lipinski definition) is 3. The zero-order chi connectivity index (χ0) is 31.5. The molecular formula is C31H42N6O5S. The lowest BCUT2D eigenvalue weighted by Crippen LogP contribution is -2.39. The number of anilines is 2. The number of methoxy groups -OCH3 is 1. The molecule has 0 bridgehead atoms. The molecule has 3 aromatic rings. The van der Waals surface area contributed by atoms with Gasteiger partial charge in [0.2, 0.25) is 10.0 Å². The summed E-state index contributed by atoms with van der Waals surface area (Å²) < 4.78 is 33.6. The first kappa shape index (κ1) is 32.0. The molecule has 1 heterocycles. The van der Waals surface area contributed by atoms with Crippen LogP contribution in [-0.4, -0.2) is 54.6 Å². The molecule has 0 radical (unpaired) electrons. The number of sulfonamides is 1. The monoisotopic (exact) mass is 610 g/mol. The molecule has 1 saturated carbocycles. The van der Waals surface area contributed by atoms with E-state index in [9.17, 15) is 18.0 Å². The van der Waals surface area contributed by atoms with Gasteiger partial charge in [0.1, 0.15) is 0 Å². The molecule has 0 spiro atoms. The van der Waals surface area contributed by atoms with E-state index in [1.54, 1.807) is 36.5 Å². The number of ether oxygens (including phenoxy) is 1. The molecular weight excluding hydrogens is 568 g/mol. The summed E-state index contributed by atoms with van der Waals surface area (Å²) in [5.74, 6) is -0.0601. The summed E-state index contributed by atoms with van der Waals surface area (Å²) in [5.41, 5.74) is 2.95. The Hall–Kier alpha value is -3.93. The second kappa shape index (κ2) is 12.7. The van der Waals surface area contributed by atoms with Crippen molar-refractivity contribution in [2.24, 2.45) is 5.92 Å². The highest BCUT2D eigenvalue weighted by Crippen LogP contribution is 2.39. The number of benzene rings is 2. The maximum absolute atomic E-state index is 13.5. The topological polar surface area (TPSA) is 144 Å². The van der Waals surface area contributed by atoms with Crippen molar-refractivity contribution >= 4 is 33.2 Å². The fourth-order valence-corrected chi connectivity index (χ4v) is 5.91. The van der Waals surface area contributed by atoms with Crippen molar-refractivity contribution in [2.75, 3.05) is 23.4 Å². The lowest BCUT2D eigenvalue weighted by atomic mass is 9.84. The SMILES string of the molecule is COc1c(NC(=O)c2ccc(C)c(-n3cc(C(=O)N[C@@H](C)C4CCCCC4)nn3)c2)cc(C(C)(C)C)cc1NS(C)(=O)=O. The smallest absolute Gasteiger partial charge is 0.273 e. The van der Waals surface area contributed by atoms with Gasteiger partial charge in [-0.2, -0.15) is 0 Å². The highest BCUT2D eigenvalue weighted by molar-refractivity contribution is 7.92. The van der Waals surface area contributed by atoms with E-state index in [-0.39, 0.29) is 34.5 Å². The van der Waals surface area contributed by atoms with Crippen LogP contribution in [0.15, 0.2) is 36.5 Å². The molecule has 232 valence electrons. The Morgan fingerprint density at radius 2 is 1.72 bits per heavy atom. The van der Waals surface area contributed by atoms with E-state index >= 15 is 0 Å². The Labute approximate surface area is 253 Å². The molecule has 1 atom stereocenters. The van der Waals surface area contributed by atoms with Crippen LogP contribution in [0.1, 0.15) is 91.8 Å². The molecule has 1 aliphatic carbocycles. The van der Waals surface area contributed by atoms with Crippen molar-refractivity contribution in [1.82, 2.24) is 20.3 Å². The summed E-state index contributed by atoms with van der Waals surface area (Å²) in [6.07, 6.45) is 8.48. The molecule has 4 rings (SSSR count). The highest BCUT2D eigenvalue weighted by atomic mass is 32.2. The van der Waals surface area contributed by atoms with Crippen LogP contribution in [0.5, 0.6) is 5.75 Å². The predicted molar refractivity (Wildman–Crippen MR) is 168 cm³/mol. The van der Waals surface area contributed by atoms with Gasteiger partial charge in [0.15, 0.2) is 11.4 Å². The summed E-state index contributed by atoms with van der Waals surface area (Å²) >= 11 is 0. The van der Waals surface area contributed by atoms with Crippen molar-refractivity contribution in [1.29, 1.82) is 0 Å². The summed E-state index contributed by atoms with van der Waals surface area (Å²) in [5, 5.41) is 14.2. The molecule has 11 nitrogen and oxygen atoms in total. The van der Waals surface area contributed by atoms with Crippen LogP contribution in [0.2, 0.25) is 0 Å². The van der Waals surface area contributed by atoms with Crippen molar-refractivity contribution in [3.63, 3.8) is 0 Å². The minimum Gasteiger partial charge on any atom is -0.492 e. The van der Waals surface area contributed by atoms with E-state index < -0.39 is 15.9 Å². The molecule has 1 aromatic heterocycles. The largest absolute Gasteiger partial charge is 0.492 e. The molecule has 1 aliphatic rings. The third-order valence-corrected chi connectivity index (χ3v) is 8.45. The predicted octanol–water partition coefficient (Wildman–Crippen LogP) is 5.20. The van der Waals surface area contributed by atoms with E-state index in [1.165, 1.54) is 31.1 Å². The van der Waals surface area contributed by atoms with Gasteiger partial charge in [-0.05, 0) is 73.4 Å². The number of nitrogens with one attached hydrogen (secondary N) is 3. The Kier molecular flexibility index (Phi) is 9.48. The number of carbonyl (C=O) groups is 2. The molecule has 1 fully saturated rings. The molecule has 43 heavy (non-hydrogen) atoms. The zero-order valence-corrected chi connectivity index (χ0v) is 26.8. The maximum atomic E-state index is 13.5. The summed E-state index contributed by atoms with van der Waals surface area (Å²) in [7, 11) is -2.20. The van der Waals surface area contributed by atoms with E-state index in [2.05, 4.69) is 25.7 Å². The summed E-state index contributed by atoms with van der Waals surface area (Å²) in [4.78, 5) is 26.4. The Morgan fingerprint density at radius 3 is 2.35 bits per heavy atom. The first-order valence-electron chi connectivity index (χ1n) is 14.5. The lowest BCUT2D eigenvalue weighted by molar-refractivity contribution is 0.0913. The van der Waals surface area contributed by atoms with E-state index in [1.807, 2.05) is 34.6 Å². The third-order valence-electron chi connectivity index (χ3n) is 7.86. The van der Waals surface area contributed by atoms with Crippen LogP contribution in [0.25, 0.3) is 5.69 Å². The van der Waals surface area contributed by atoms with Gasteiger partial charge in [0.05, 0.1) is 36.6 Å². The number of carbonyl (C=O) groups excluding carboxylic acids is 2. The van der Waals surface area contributed by atoms with Crippen LogP contribution < -0.4 is 20.1 Å². The zero-order valence-electron chi connectivity index (χ0n) is 25.9. The van der Waals surface area contributed by atoms with Gasteiger partial charge in [-0.25, -0.2) is 13.1 Å². The van der Waals surface area contributed by atoms with Gasteiger partial charge in [-0.3, -0.25) is 14.3 Å². The number of rotatable bonds is 9. The van der Waals surface area contributed by atoms with Crippen LogP contribution in [-0.2, 0) is 15.4 Å². The first-order valence-corrected chi connectivity index (χ1v) is 16.4. The first-order chi connectivity index (χ1) is 20.2. The molecule has 0 saturated heterocycles. The summed E-state index contributed by atoms with van der Waals surface area (Å²) in [6, 6.07) is 8.66.